The number of rotatable bonds is 3. The fourth-order valence-corrected chi connectivity index (χ4v) is 4.51. The lowest BCUT2D eigenvalue weighted by atomic mass is 9.76. The van der Waals surface area contributed by atoms with E-state index in [1.54, 1.807) is 36.0 Å². The average molecular weight is 426 g/mol. The zero-order valence-electron chi connectivity index (χ0n) is 17.9. The Morgan fingerprint density at radius 1 is 1.16 bits per heavy atom. The van der Waals surface area contributed by atoms with Crippen LogP contribution in [0.3, 0.4) is 0 Å². The van der Waals surface area contributed by atoms with Crippen molar-refractivity contribution in [3.63, 3.8) is 0 Å². The SMILES string of the molecule is CN(C)C(=O)CC1CC2(CCN(C(=O)Nc3cccc(F)c3)CC2)Oc2ccccc21. The Bertz CT molecular complexity index is 970. The third kappa shape index (κ3) is 4.65. The number of carbonyl (C=O) groups excluding carboxylic acids is 2. The van der Waals surface area contributed by atoms with Crippen LogP contribution in [0.2, 0.25) is 0 Å². The van der Waals surface area contributed by atoms with Gasteiger partial charge < -0.3 is 19.9 Å². The summed E-state index contributed by atoms with van der Waals surface area (Å²) in [7, 11) is 3.55. The molecule has 1 atom stereocenters. The van der Waals surface area contributed by atoms with Crippen LogP contribution >= 0.6 is 0 Å². The molecule has 1 fully saturated rings. The minimum Gasteiger partial charge on any atom is -0.487 e. The van der Waals surface area contributed by atoms with Crippen molar-refractivity contribution < 1.29 is 18.7 Å². The van der Waals surface area contributed by atoms with Crippen LogP contribution in [0.15, 0.2) is 48.5 Å². The molecule has 2 aromatic carbocycles. The second kappa shape index (κ2) is 8.57. The molecule has 0 aliphatic carbocycles. The van der Waals surface area contributed by atoms with Crippen molar-refractivity contribution in [3.8, 4) is 5.75 Å². The van der Waals surface area contributed by atoms with Crippen molar-refractivity contribution in [1.82, 2.24) is 9.80 Å². The van der Waals surface area contributed by atoms with Crippen LogP contribution in [0.5, 0.6) is 5.75 Å². The maximum atomic E-state index is 13.4. The fraction of sp³-hybridized carbons (Fsp3) is 0.417. The maximum Gasteiger partial charge on any atom is 0.321 e. The van der Waals surface area contributed by atoms with Gasteiger partial charge in [0.25, 0.3) is 0 Å². The van der Waals surface area contributed by atoms with E-state index in [1.807, 2.05) is 24.3 Å². The molecule has 0 radical (unpaired) electrons. The summed E-state index contributed by atoms with van der Waals surface area (Å²) in [5.74, 6) is 0.641. The maximum absolute atomic E-state index is 13.4. The molecule has 2 aromatic rings. The van der Waals surface area contributed by atoms with Crippen molar-refractivity contribution >= 4 is 17.6 Å². The summed E-state index contributed by atoms with van der Waals surface area (Å²) in [5, 5.41) is 2.76. The Hall–Kier alpha value is -3.09. The van der Waals surface area contributed by atoms with Gasteiger partial charge in [0.2, 0.25) is 5.91 Å². The highest BCUT2D eigenvalue weighted by atomic mass is 19.1. The van der Waals surface area contributed by atoms with Crippen LogP contribution in [0.25, 0.3) is 0 Å². The number of piperidine rings is 1. The summed E-state index contributed by atoms with van der Waals surface area (Å²) in [6.45, 7) is 1.08. The lowest BCUT2D eigenvalue weighted by Crippen LogP contribution is -2.52. The number of halogens is 1. The number of fused-ring (bicyclic) bond motifs is 1. The molecule has 3 amide bonds. The first-order chi connectivity index (χ1) is 14.8. The number of nitrogens with one attached hydrogen (secondary N) is 1. The minimum absolute atomic E-state index is 0.0903. The Kier molecular flexibility index (Phi) is 5.85. The number of likely N-dealkylation sites (tertiary alicyclic amines) is 1. The Morgan fingerprint density at radius 2 is 1.90 bits per heavy atom. The number of para-hydroxylation sites is 1. The molecule has 31 heavy (non-hydrogen) atoms. The summed E-state index contributed by atoms with van der Waals surface area (Å²) in [4.78, 5) is 28.4. The zero-order valence-corrected chi connectivity index (χ0v) is 17.9. The van der Waals surface area contributed by atoms with Crippen LogP contribution in [0.1, 0.15) is 37.2 Å². The first-order valence-electron chi connectivity index (χ1n) is 10.6. The topological polar surface area (TPSA) is 61.9 Å². The van der Waals surface area contributed by atoms with E-state index in [2.05, 4.69) is 5.32 Å². The molecular formula is C24H28FN3O3. The second-order valence-corrected chi connectivity index (χ2v) is 8.64. The van der Waals surface area contributed by atoms with Crippen LogP contribution in [0.4, 0.5) is 14.9 Å². The molecule has 2 heterocycles. The molecular weight excluding hydrogens is 397 g/mol. The monoisotopic (exact) mass is 425 g/mol. The molecule has 0 saturated carbocycles. The van der Waals surface area contributed by atoms with Gasteiger partial charge in [0, 0.05) is 58.1 Å². The zero-order chi connectivity index (χ0) is 22.0. The number of nitrogens with zero attached hydrogens (tertiary/aromatic N) is 2. The van der Waals surface area contributed by atoms with Crippen molar-refractivity contribution in [1.29, 1.82) is 0 Å². The van der Waals surface area contributed by atoms with Gasteiger partial charge in [0.1, 0.15) is 17.2 Å². The molecule has 7 heteroatoms. The molecule has 164 valence electrons. The van der Waals surface area contributed by atoms with Gasteiger partial charge >= 0.3 is 6.03 Å². The van der Waals surface area contributed by atoms with Crippen molar-refractivity contribution in [3.05, 3.63) is 59.9 Å². The first kappa shape index (κ1) is 21.2. The van der Waals surface area contributed by atoms with Gasteiger partial charge in [0.05, 0.1) is 0 Å². The van der Waals surface area contributed by atoms with Crippen molar-refractivity contribution in [2.24, 2.45) is 0 Å². The third-order valence-electron chi connectivity index (χ3n) is 6.26. The predicted molar refractivity (Wildman–Crippen MR) is 117 cm³/mol. The number of hydrogen-bond donors (Lipinski definition) is 1. The molecule has 2 aliphatic heterocycles. The van der Waals surface area contributed by atoms with Crippen molar-refractivity contribution in [2.45, 2.75) is 37.2 Å². The first-order valence-corrected chi connectivity index (χ1v) is 10.6. The van der Waals surface area contributed by atoms with Gasteiger partial charge in [-0.2, -0.15) is 0 Å². The van der Waals surface area contributed by atoms with E-state index in [0.717, 1.165) is 17.7 Å². The van der Waals surface area contributed by atoms with Gasteiger partial charge in [-0.3, -0.25) is 4.79 Å². The van der Waals surface area contributed by atoms with Crippen LogP contribution in [-0.4, -0.2) is 54.5 Å². The number of carbonyl (C=O) groups is 2. The lowest BCUT2D eigenvalue weighted by molar-refractivity contribution is -0.129. The smallest absolute Gasteiger partial charge is 0.321 e. The van der Waals surface area contributed by atoms with E-state index in [-0.39, 0.29) is 29.3 Å². The number of anilines is 1. The van der Waals surface area contributed by atoms with Gasteiger partial charge in [0.15, 0.2) is 0 Å². The van der Waals surface area contributed by atoms with E-state index < -0.39 is 0 Å². The Labute approximate surface area is 182 Å². The van der Waals surface area contributed by atoms with E-state index in [0.29, 0.717) is 38.0 Å². The third-order valence-corrected chi connectivity index (χ3v) is 6.26. The normalized spacial score (nSPS) is 19.3. The largest absolute Gasteiger partial charge is 0.487 e. The van der Waals surface area contributed by atoms with Crippen molar-refractivity contribution in [2.75, 3.05) is 32.5 Å². The highest BCUT2D eigenvalue weighted by molar-refractivity contribution is 5.89. The molecule has 2 aliphatic rings. The number of ether oxygens (including phenoxy) is 1. The lowest BCUT2D eigenvalue weighted by Gasteiger charge is -2.47. The summed E-state index contributed by atoms with van der Waals surface area (Å²) in [6.07, 6.45) is 2.57. The molecule has 1 unspecified atom stereocenters. The van der Waals surface area contributed by atoms with Gasteiger partial charge in [-0.1, -0.05) is 24.3 Å². The van der Waals surface area contributed by atoms with E-state index in [4.69, 9.17) is 4.74 Å². The molecule has 6 nitrogen and oxygen atoms in total. The highest BCUT2D eigenvalue weighted by Gasteiger charge is 2.44. The molecule has 0 bridgehead atoms. The number of urea groups is 1. The van der Waals surface area contributed by atoms with Gasteiger partial charge in [-0.25, -0.2) is 9.18 Å². The van der Waals surface area contributed by atoms with Gasteiger partial charge in [-0.05, 0) is 36.2 Å². The molecule has 1 spiro atoms. The Balaban J connectivity index is 1.44. The van der Waals surface area contributed by atoms with E-state index in [9.17, 15) is 14.0 Å². The Morgan fingerprint density at radius 3 is 2.61 bits per heavy atom. The number of hydrogen-bond acceptors (Lipinski definition) is 3. The van der Waals surface area contributed by atoms with E-state index in [1.165, 1.54) is 12.1 Å². The molecule has 1 saturated heterocycles. The second-order valence-electron chi connectivity index (χ2n) is 8.64. The van der Waals surface area contributed by atoms with Crippen LogP contribution < -0.4 is 10.1 Å². The fourth-order valence-electron chi connectivity index (χ4n) is 4.51. The van der Waals surface area contributed by atoms with E-state index >= 15 is 0 Å². The summed E-state index contributed by atoms with van der Waals surface area (Å²) in [6, 6.07) is 13.6. The predicted octanol–water partition coefficient (Wildman–Crippen LogP) is 4.24. The average Bonchev–Trinajstić information content (AvgIpc) is 2.74. The van der Waals surface area contributed by atoms with Crippen LogP contribution in [-0.2, 0) is 4.79 Å². The quantitative estimate of drug-likeness (QED) is 0.800. The number of amides is 3. The molecule has 1 N–H and O–H groups in total. The summed E-state index contributed by atoms with van der Waals surface area (Å²) in [5.41, 5.74) is 1.13. The summed E-state index contributed by atoms with van der Waals surface area (Å²) < 4.78 is 19.9. The minimum atomic E-state index is -0.388. The number of benzene rings is 2. The highest BCUT2D eigenvalue weighted by Crippen LogP contribution is 2.46. The molecule has 0 aromatic heterocycles. The van der Waals surface area contributed by atoms with Gasteiger partial charge in [-0.15, -0.1) is 0 Å². The molecule has 4 rings (SSSR count). The summed E-state index contributed by atoms with van der Waals surface area (Å²) >= 11 is 0. The standard InChI is InChI=1S/C24H28FN3O3/c1-27(2)22(29)14-17-16-24(31-21-9-4-3-8-20(17)21)10-12-28(13-11-24)23(30)26-19-7-5-6-18(25)15-19/h3-9,15,17H,10-14,16H2,1-2H3,(H,26,30). The van der Waals surface area contributed by atoms with Crippen LogP contribution in [0, 0.1) is 5.82 Å².